The molecule has 1 aliphatic heterocycles. The van der Waals surface area contributed by atoms with Gasteiger partial charge < -0.3 is 9.47 Å². The summed E-state index contributed by atoms with van der Waals surface area (Å²) < 4.78 is 1.21. The Balaban J connectivity index is 1.89. The Bertz CT molecular complexity index is 506. The molecule has 0 atom stereocenters. The van der Waals surface area contributed by atoms with E-state index in [0.717, 1.165) is 0 Å². The van der Waals surface area contributed by atoms with Crippen LogP contribution in [0.4, 0.5) is 0 Å². The molecule has 0 radical (unpaired) electrons. The molecule has 1 fully saturated rings. The molecule has 0 unspecified atom stereocenters. The maximum atomic E-state index is 3.38. The van der Waals surface area contributed by atoms with E-state index in [1.807, 2.05) is 0 Å². The van der Waals surface area contributed by atoms with Crippen LogP contribution in [-0.2, 0) is 6.54 Å². The van der Waals surface area contributed by atoms with E-state index in [2.05, 4.69) is 42.5 Å². The Hall–Kier alpha value is -1.28. The Morgan fingerprint density at radius 1 is 1.12 bits per heavy atom. The molecule has 1 aromatic carbocycles. The standard InChI is InChI=1S/C15H21N2/c1-17(9-5-2-6-10-17)12-13-11-16-15-8-4-3-7-14(13)15/h3-4,7-8,11,16H,2,5-6,9-10,12H2,1H3/q+1. The predicted molar refractivity (Wildman–Crippen MR) is 71.8 cm³/mol. The van der Waals surface area contributed by atoms with Gasteiger partial charge in [-0.2, -0.15) is 0 Å². The fraction of sp³-hybridized carbons (Fsp3) is 0.467. The summed E-state index contributed by atoms with van der Waals surface area (Å²) in [6.45, 7) is 3.84. The van der Waals surface area contributed by atoms with Crippen molar-refractivity contribution in [1.29, 1.82) is 0 Å². The molecule has 2 heterocycles. The number of aromatic amines is 1. The lowest BCUT2D eigenvalue weighted by Crippen LogP contribution is -2.46. The first-order valence-corrected chi connectivity index (χ1v) is 6.65. The second-order valence-electron chi connectivity index (χ2n) is 5.64. The number of fused-ring (bicyclic) bond motifs is 1. The summed E-state index contributed by atoms with van der Waals surface area (Å²) in [6.07, 6.45) is 6.39. The van der Waals surface area contributed by atoms with Crippen molar-refractivity contribution in [2.24, 2.45) is 0 Å². The highest BCUT2D eigenvalue weighted by Gasteiger charge is 2.25. The minimum absolute atomic E-state index is 1.17. The first-order valence-electron chi connectivity index (χ1n) is 6.65. The topological polar surface area (TPSA) is 15.8 Å². The van der Waals surface area contributed by atoms with Crippen molar-refractivity contribution in [3.05, 3.63) is 36.0 Å². The van der Waals surface area contributed by atoms with Crippen molar-refractivity contribution in [3.63, 3.8) is 0 Å². The van der Waals surface area contributed by atoms with E-state index in [4.69, 9.17) is 0 Å². The normalized spacial score (nSPS) is 19.6. The van der Waals surface area contributed by atoms with E-state index in [9.17, 15) is 0 Å². The summed E-state index contributed by atoms with van der Waals surface area (Å²) in [6, 6.07) is 8.63. The molecule has 17 heavy (non-hydrogen) atoms. The van der Waals surface area contributed by atoms with Crippen molar-refractivity contribution in [1.82, 2.24) is 4.98 Å². The molecule has 2 aromatic rings. The quantitative estimate of drug-likeness (QED) is 0.761. The number of para-hydroxylation sites is 1. The van der Waals surface area contributed by atoms with Gasteiger partial charge in [-0.15, -0.1) is 0 Å². The molecule has 90 valence electrons. The Morgan fingerprint density at radius 3 is 2.71 bits per heavy atom. The van der Waals surface area contributed by atoms with Crippen LogP contribution in [0.15, 0.2) is 30.5 Å². The van der Waals surface area contributed by atoms with Gasteiger partial charge in [0.1, 0.15) is 6.54 Å². The van der Waals surface area contributed by atoms with Gasteiger partial charge >= 0.3 is 0 Å². The zero-order valence-corrected chi connectivity index (χ0v) is 10.6. The zero-order chi connectivity index (χ0) is 11.7. The second-order valence-corrected chi connectivity index (χ2v) is 5.64. The van der Waals surface area contributed by atoms with Gasteiger partial charge in [-0.05, 0) is 25.3 Å². The van der Waals surface area contributed by atoms with E-state index in [1.54, 1.807) is 0 Å². The number of rotatable bonds is 2. The van der Waals surface area contributed by atoms with E-state index < -0.39 is 0 Å². The third-order valence-corrected chi connectivity index (χ3v) is 4.12. The molecule has 3 rings (SSSR count). The van der Waals surface area contributed by atoms with E-state index in [1.165, 1.54) is 59.8 Å². The maximum absolute atomic E-state index is 3.38. The van der Waals surface area contributed by atoms with Crippen molar-refractivity contribution >= 4 is 10.9 Å². The Kier molecular flexibility index (Phi) is 2.67. The Morgan fingerprint density at radius 2 is 1.88 bits per heavy atom. The van der Waals surface area contributed by atoms with Crippen LogP contribution in [0.5, 0.6) is 0 Å². The van der Waals surface area contributed by atoms with Crippen LogP contribution >= 0.6 is 0 Å². The predicted octanol–water partition coefficient (Wildman–Crippen LogP) is 3.30. The van der Waals surface area contributed by atoms with E-state index in [0.29, 0.717) is 0 Å². The highest BCUT2D eigenvalue weighted by molar-refractivity contribution is 5.82. The van der Waals surface area contributed by atoms with Crippen LogP contribution in [0, 0.1) is 0 Å². The largest absolute Gasteiger partial charge is 0.361 e. The van der Waals surface area contributed by atoms with Crippen molar-refractivity contribution in [2.45, 2.75) is 25.8 Å². The first kappa shape index (κ1) is 10.8. The number of hydrogen-bond acceptors (Lipinski definition) is 0. The fourth-order valence-electron chi connectivity index (χ4n) is 3.11. The average Bonchev–Trinajstić information content (AvgIpc) is 2.73. The lowest BCUT2D eigenvalue weighted by Gasteiger charge is -2.37. The smallest absolute Gasteiger partial charge is 0.106 e. The molecule has 2 heteroatoms. The number of likely N-dealkylation sites (tertiary alicyclic amines) is 1. The number of hydrogen-bond donors (Lipinski definition) is 1. The summed E-state index contributed by atoms with van der Waals surface area (Å²) in [5, 5.41) is 1.40. The van der Waals surface area contributed by atoms with Gasteiger partial charge in [0.15, 0.2) is 0 Å². The molecule has 1 aromatic heterocycles. The summed E-state index contributed by atoms with van der Waals surface area (Å²) in [7, 11) is 2.40. The summed E-state index contributed by atoms with van der Waals surface area (Å²) >= 11 is 0. The van der Waals surface area contributed by atoms with Crippen molar-refractivity contribution in [2.75, 3.05) is 20.1 Å². The summed E-state index contributed by atoms with van der Waals surface area (Å²) in [5.74, 6) is 0. The number of benzene rings is 1. The average molecular weight is 229 g/mol. The molecular formula is C15H21N2+. The van der Waals surface area contributed by atoms with Crippen LogP contribution in [0.2, 0.25) is 0 Å². The summed E-state index contributed by atoms with van der Waals surface area (Å²) in [5.41, 5.74) is 2.75. The third-order valence-electron chi connectivity index (χ3n) is 4.12. The minimum atomic E-state index is 1.17. The summed E-state index contributed by atoms with van der Waals surface area (Å²) in [4.78, 5) is 3.38. The molecule has 2 nitrogen and oxygen atoms in total. The lowest BCUT2D eigenvalue weighted by atomic mass is 10.1. The number of aromatic nitrogens is 1. The Labute approximate surface area is 103 Å². The second kappa shape index (κ2) is 4.19. The molecule has 0 aliphatic carbocycles. The van der Waals surface area contributed by atoms with Crippen LogP contribution in [0.25, 0.3) is 10.9 Å². The van der Waals surface area contributed by atoms with Gasteiger partial charge in [0, 0.05) is 22.7 Å². The van der Waals surface area contributed by atoms with Gasteiger partial charge in [-0.1, -0.05) is 18.2 Å². The number of nitrogens with zero attached hydrogens (tertiary/aromatic N) is 1. The minimum Gasteiger partial charge on any atom is -0.361 e. The fourth-order valence-corrected chi connectivity index (χ4v) is 3.11. The van der Waals surface area contributed by atoms with Gasteiger partial charge in [0.05, 0.1) is 20.1 Å². The number of quaternary nitrogens is 1. The molecule has 0 saturated carbocycles. The lowest BCUT2D eigenvalue weighted by molar-refractivity contribution is -0.926. The molecule has 0 bridgehead atoms. The van der Waals surface area contributed by atoms with Crippen molar-refractivity contribution < 1.29 is 4.48 Å². The monoisotopic (exact) mass is 229 g/mol. The molecule has 1 N–H and O–H groups in total. The van der Waals surface area contributed by atoms with E-state index in [-0.39, 0.29) is 0 Å². The molecule has 0 spiro atoms. The number of nitrogens with one attached hydrogen (secondary N) is 1. The first-order chi connectivity index (χ1) is 8.27. The van der Waals surface area contributed by atoms with Crippen LogP contribution in [-0.4, -0.2) is 29.6 Å². The highest BCUT2D eigenvalue weighted by Crippen LogP contribution is 2.24. The van der Waals surface area contributed by atoms with Gasteiger partial charge in [-0.25, -0.2) is 0 Å². The van der Waals surface area contributed by atoms with Crippen LogP contribution in [0.3, 0.4) is 0 Å². The molecule has 1 aliphatic rings. The molecule has 0 amide bonds. The zero-order valence-electron chi connectivity index (χ0n) is 10.6. The van der Waals surface area contributed by atoms with Gasteiger partial charge in [-0.3, -0.25) is 0 Å². The van der Waals surface area contributed by atoms with Crippen molar-refractivity contribution in [3.8, 4) is 0 Å². The maximum Gasteiger partial charge on any atom is 0.106 e. The van der Waals surface area contributed by atoms with Gasteiger partial charge in [0.2, 0.25) is 0 Å². The van der Waals surface area contributed by atoms with Crippen LogP contribution in [0.1, 0.15) is 24.8 Å². The van der Waals surface area contributed by atoms with Gasteiger partial charge in [0.25, 0.3) is 0 Å². The third kappa shape index (κ3) is 2.09. The molecular weight excluding hydrogens is 208 g/mol. The molecule has 1 saturated heterocycles. The van der Waals surface area contributed by atoms with E-state index >= 15 is 0 Å². The SMILES string of the molecule is C[N+]1(Cc2c[nH]c3ccccc23)CCCCC1. The highest BCUT2D eigenvalue weighted by atomic mass is 15.3. The van der Waals surface area contributed by atoms with Crippen LogP contribution < -0.4 is 0 Å². The number of piperidine rings is 1. The number of H-pyrrole nitrogens is 1.